The van der Waals surface area contributed by atoms with Crippen molar-refractivity contribution < 1.29 is 4.79 Å². The van der Waals surface area contributed by atoms with Crippen LogP contribution in [0.2, 0.25) is 0 Å². The number of amides is 1. The van der Waals surface area contributed by atoms with Gasteiger partial charge in [-0.05, 0) is 31.7 Å². The van der Waals surface area contributed by atoms with E-state index in [4.69, 9.17) is 5.73 Å². The minimum absolute atomic E-state index is 0.0901. The third kappa shape index (κ3) is 4.49. The quantitative estimate of drug-likeness (QED) is 0.637. The van der Waals surface area contributed by atoms with Crippen LogP contribution in [-0.2, 0) is 4.79 Å². The van der Waals surface area contributed by atoms with Gasteiger partial charge in [-0.1, -0.05) is 6.92 Å². The monoisotopic (exact) mass is 227 g/mol. The predicted molar refractivity (Wildman–Crippen MR) is 66.1 cm³/mol. The van der Waals surface area contributed by atoms with Crippen LogP contribution in [-0.4, -0.2) is 43.5 Å². The molecule has 0 aliphatic heterocycles. The van der Waals surface area contributed by atoms with Crippen molar-refractivity contribution in [1.82, 2.24) is 10.2 Å². The van der Waals surface area contributed by atoms with Crippen molar-refractivity contribution in [3.8, 4) is 0 Å². The Morgan fingerprint density at radius 3 is 2.69 bits per heavy atom. The lowest BCUT2D eigenvalue weighted by Crippen LogP contribution is -2.44. The van der Waals surface area contributed by atoms with Crippen LogP contribution in [0.15, 0.2) is 0 Å². The fraction of sp³-hybridized carbons (Fsp3) is 0.917. The molecular formula is C12H25N3O. The highest BCUT2D eigenvalue weighted by Gasteiger charge is 2.27. The fourth-order valence-corrected chi connectivity index (χ4v) is 2.02. The number of hydrogen-bond acceptors (Lipinski definition) is 3. The van der Waals surface area contributed by atoms with E-state index in [1.165, 1.54) is 12.8 Å². The van der Waals surface area contributed by atoms with Gasteiger partial charge in [-0.25, -0.2) is 0 Å². The van der Waals surface area contributed by atoms with E-state index in [1.807, 2.05) is 0 Å². The van der Waals surface area contributed by atoms with Crippen LogP contribution in [0.3, 0.4) is 0 Å². The van der Waals surface area contributed by atoms with Crippen molar-refractivity contribution in [3.63, 3.8) is 0 Å². The van der Waals surface area contributed by atoms with Crippen molar-refractivity contribution in [2.45, 2.75) is 38.6 Å². The summed E-state index contributed by atoms with van der Waals surface area (Å²) >= 11 is 0. The van der Waals surface area contributed by atoms with Crippen molar-refractivity contribution in [3.05, 3.63) is 0 Å². The van der Waals surface area contributed by atoms with Gasteiger partial charge in [-0.15, -0.1) is 0 Å². The van der Waals surface area contributed by atoms with Crippen LogP contribution >= 0.6 is 0 Å². The predicted octanol–water partition coefficient (Wildman–Crippen LogP) is 0.572. The van der Waals surface area contributed by atoms with Crippen LogP contribution in [0, 0.1) is 5.92 Å². The molecular weight excluding hydrogens is 202 g/mol. The molecule has 1 atom stereocenters. The molecule has 94 valence electrons. The fourth-order valence-electron chi connectivity index (χ4n) is 2.02. The van der Waals surface area contributed by atoms with Crippen LogP contribution in [0.25, 0.3) is 0 Å². The summed E-state index contributed by atoms with van der Waals surface area (Å²) in [6, 6.07) is 0.209. The second kappa shape index (κ2) is 6.86. The minimum atomic E-state index is 0.0901. The van der Waals surface area contributed by atoms with Crippen molar-refractivity contribution >= 4 is 5.91 Å². The van der Waals surface area contributed by atoms with E-state index >= 15 is 0 Å². The van der Waals surface area contributed by atoms with Crippen molar-refractivity contribution in [1.29, 1.82) is 0 Å². The smallest absolute Gasteiger partial charge is 0.221 e. The maximum absolute atomic E-state index is 11.4. The summed E-state index contributed by atoms with van der Waals surface area (Å²) in [6.07, 6.45) is 4.34. The van der Waals surface area contributed by atoms with E-state index in [0.29, 0.717) is 13.0 Å². The molecule has 16 heavy (non-hydrogen) atoms. The van der Waals surface area contributed by atoms with Gasteiger partial charge < -0.3 is 11.1 Å². The maximum atomic E-state index is 11.4. The first-order chi connectivity index (χ1) is 7.71. The Morgan fingerprint density at radius 2 is 2.25 bits per heavy atom. The molecule has 1 aliphatic rings. The standard InChI is InChI=1S/C12H25N3O/c1-3-6-15(9-10-4-5-10)11(8-13)7-12(16)14-2/h10-11H,3-9,13H2,1-2H3,(H,14,16). The second-order valence-electron chi connectivity index (χ2n) is 4.71. The highest BCUT2D eigenvalue weighted by Crippen LogP contribution is 2.30. The van der Waals surface area contributed by atoms with Gasteiger partial charge in [0.1, 0.15) is 0 Å². The molecule has 4 nitrogen and oxygen atoms in total. The first kappa shape index (κ1) is 13.5. The normalized spacial score (nSPS) is 17.5. The van der Waals surface area contributed by atoms with E-state index in [1.54, 1.807) is 7.05 Å². The second-order valence-corrected chi connectivity index (χ2v) is 4.71. The first-order valence-corrected chi connectivity index (χ1v) is 6.35. The Morgan fingerprint density at radius 1 is 1.56 bits per heavy atom. The first-order valence-electron chi connectivity index (χ1n) is 6.35. The lowest BCUT2D eigenvalue weighted by molar-refractivity contribution is -0.121. The van der Waals surface area contributed by atoms with Gasteiger partial charge >= 0.3 is 0 Å². The summed E-state index contributed by atoms with van der Waals surface area (Å²) in [7, 11) is 1.68. The number of carbonyl (C=O) groups is 1. The lowest BCUT2D eigenvalue weighted by Gasteiger charge is -2.30. The molecule has 0 heterocycles. The third-order valence-corrected chi connectivity index (χ3v) is 3.19. The van der Waals surface area contributed by atoms with E-state index in [0.717, 1.165) is 25.4 Å². The zero-order valence-corrected chi connectivity index (χ0v) is 10.5. The number of nitrogens with one attached hydrogen (secondary N) is 1. The SMILES string of the molecule is CCCN(CC1CC1)C(CN)CC(=O)NC. The Kier molecular flexibility index (Phi) is 5.77. The summed E-state index contributed by atoms with van der Waals surface area (Å²) in [5, 5.41) is 2.67. The molecule has 1 saturated carbocycles. The van der Waals surface area contributed by atoms with E-state index in [-0.39, 0.29) is 11.9 Å². The molecule has 0 radical (unpaired) electrons. The molecule has 1 aliphatic carbocycles. The number of hydrogen-bond donors (Lipinski definition) is 2. The van der Waals surface area contributed by atoms with E-state index in [9.17, 15) is 4.79 Å². The minimum Gasteiger partial charge on any atom is -0.359 e. The summed E-state index contributed by atoms with van der Waals surface area (Å²) < 4.78 is 0. The number of nitrogens with zero attached hydrogens (tertiary/aromatic N) is 1. The third-order valence-electron chi connectivity index (χ3n) is 3.19. The van der Waals surface area contributed by atoms with Gasteiger partial charge in [0.15, 0.2) is 0 Å². The van der Waals surface area contributed by atoms with Crippen LogP contribution < -0.4 is 11.1 Å². The molecule has 0 spiro atoms. The molecule has 0 aromatic rings. The Labute approximate surface area is 98.6 Å². The molecule has 0 saturated heterocycles. The van der Waals surface area contributed by atoms with Gasteiger partial charge in [0, 0.05) is 32.6 Å². The maximum Gasteiger partial charge on any atom is 0.221 e. The Bertz CT molecular complexity index is 216. The molecule has 4 heteroatoms. The Hall–Kier alpha value is -0.610. The van der Waals surface area contributed by atoms with Gasteiger partial charge in [-0.3, -0.25) is 9.69 Å². The number of nitrogens with two attached hydrogens (primary N) is 1. The Balaban J connectivity index is 2.45. The lowest BCUT2D eigenvalue weighted by atomic mass is 10.1. The highest BCUT2D eigenvalue weighted by molar-refractivity contribution is 5.76. The van der Waals surface area contributed by atoms with Crippen LogP contribution in [0.1, 0.15) is 32.6 Å². The molecule has 1 unspecified atom stereocenters. The zero-order chi connectivity index (χ0) is 12.0. The number of carbonyl (C=O) groups excluding carboxylic acids is 1. The largest absolute Gasteiger partial charge is 0.359 e. The summed E-state index contributed by atoms with van der Waals surface area (Å²) in [4.78, 5) is 13.8. The average molecular weight is 227 g/mol. The van der Waals surface area contributed by atoms with Crippen molar-refractivity contribution in [2.24, 2.45) is 11.7 Å². The molecule has 1 rings (SSSR count). The molecule has 0 aromatic carbocycles. The topological polar surface area (TPSA) is 58.4 Å². The molecule has 1 amide bonds. The van der Waals surface area contributed by atoms with Gasteiger partial charge in [0.25, 0.3) is 0 Å². The van der Waals surface area contributed by atoms with Crippen LogP contribution in [0.5, 0.6) is 0 Å². The van der Waals surface area contributed by atoms with Gasteiger partial charge in [0.05, 0.1) is 0 Å². The summed E-state index contributed by atoms with van der Waals surface area (Å²) in [5.74, 6) is 0.942. The summed E-state index contributed by atoms with van der Waals surface area (Å²) in [6.45, 7) is 4.91. The van der Waals surface area contributed by atoms with Gasteiger partial charge in [0.2, 0.25) is 5.91 Å². The molecule has 0 aromatic heterocycles. The molecule has 3 N–H and O–H groups in total. The highest BCUT2D eigenvalue weighted by atomic mass is 16.1. The van der Waals surface area contributed by atoms with Gasteiger partial charge in [-0.2, -0.15) is 0 Å². The summed E-state index contributed by atoms with van der Waals surface area (Å²) in [5.41, 5.74) is 5.78. The average Bonchev–Trinajstić information content (AvgIpc) is 3.09. The van der Waals surface area contributed by atoms with E-state index in [2.05, 4.69) is 17.1 Å². The van der Waals surface area contributed by atoms with Crippen LogP contribution in [0.4, 0.5) is 0 Å². The van der Waals surface area contributed by atoms with Crippen molar-refractivity contribution in [2.75, 3.05) is 26.7 Å². The molecule has 0 bridgehead atoms. The zero-order valence-electron chi connectivity index (χ0n) is 10.5. The molecule has 1 fully saturated rings. The number of rotatable bonds is 8. The van der Waals surface area contributed by atoms with E-state index < -0.39 is 0 Å².